The fourth-order valence-electron chi connectivity index (χ4n) is 2.72. The molecule has 1 aliphatic heterocycles. The SMILES string of the molecule is O=C1Nc2ccc(Cl)cc2/C1=C/c1ccc(-c2cccc(Cl)c2Cl)o1. The minimum atomic E-state index is -0.198. The number of hydrogen-bond acceptors (Lipinski definition) is 2. The minimum absolute atomic E-state index is 0.198. The highest BCUT2D eigenvalue weighted by Crippen LogP contribution is 2.37. The summed E-state index contributed by atoms with van der Waals surface area (Å²) in [6.07, 6.45) is 1.68. The van der Waals surface area contributed by atoms with Gasteiger partial charge in [0.1, 0.15) is 11.5 Å². The summed E-state index contributed by atoms with van der Waals surface area (Å²) in [7, 11) is 0. The molecule has 4 rings (SSSR count). The standard InChI is InChI=1S/C19H10Cl3NO2/c20-10-4-6-16-13(8-10)14(19(24)23-16)9-11-5-7-17(25-11)12-2-1-3-15(21)18(12)22/h1-9H,(H,23,24)/b14-9-. The van der Waals surface area contributed by atoms with Crippen LogP contribution in [-0.4, -0.2) is 5.91 Å². The van der Waals surface area contributed by atoms with Crippen molar-refractivity contribution in [3.8, 4) is 11.3 Å². The zero-order valence-corrected chi connectivity index (χ0v) is 14.9. The molecule has 0 bridgehead atoms. The predicted octanol–water partition coefficient (Wildman–Crippen LogP) is 6.40. The van der Waals surface area contributed by atoms with Gasteiger partial charge >= 0.3 is 0 Å². The molecule has 0 unspecified atom stereocenters. The number of carbonyl (C=O) groups excluding carboxylic acids is 1. The van der Waals surface area contributed by atoms with Gasteiger partial charge in [-0.25, -0.2) is 0 Å². The van der Waals surface area contributed by atoms with Gasteiger partial charge in [-0.1, -0.05) is 40.9 Å². The third kappa shape index (κ3) is 2.95. The first-order valence-electron chi connectivity index (χ1n) is 7.40. The van der Waals surface area contributed by atoms with E-state index in [1.807, 2.05) is 6.07 Å². The highest BCUT2D eigenvalue weighted by atomic mass is 35.5. The molecular formula is C19H10Cl3NO2. The monoisotopic (exact) mass is 389 g/mol. The van der Waals surface area contributed by atoms with E-state index in [4.69, 9.17) is 39.2 Å². The van der Waals surface area contributed by atoms with Gasteiger partial charge in [0.25, 0.3) is 5.91 Å². The summed E-state index contributed by atoms with van der Waals surface area (Å²) in [5.41, 5.74) is 2.66. The van der Waals surface area contributed by atoms with Gasteiger partial charge in [0.15, 0.2) is 0 Å². The number of rotatable bonds is 2. The van der Waals surface area contributed by atoms with E-state index in [-0.39, 0.29) is 5.91 Å². The quantitative estimate of drug-likeness (QED) is 0.514. The second kappa shape index (κ2) is 6.26. The molecule has 3 aromatic rings. The molecule has 1 N–H and O–H groups in total. The van der Waals surface area contributed by atoms with E-state index in [9.17, 15) is 4.79 Å². The van der Waals surface area contributed by atoms with Crippen LogP contribution in [0, 0.1) is 0 Å². The number of hydrogen-bond donors (Lipinski definition) is 1. The summed E-state index contributed by atoms with van der Waals surface area (Å²) in [5.74, 6) is 0.907. The molecule has 1 amide bonds. The van der Waals surface area contributed by atoms with Crippen molar-refractivity contribution in [1.29, 1.82) is 0 Å². The summed E-state index contributed by atoms with van der Waals surface area (Å²) in [4.78, 5) is 12.2. The molecule has 2 heterocycles. The first-order chi connectivity index (χ1) is 12.0. The number of furan rings is 1. The lowest BCUT2D eigenvalue weighted by atomic mass is 10.1. The number of halogens is 3. The second-order valence-electron chi connectivity index (χ2n) is 5.51. The van der Waals surface area contributed by atoms with Gasteiger partial charge < -0.3 is 9.73 Å². The lowest BCUT2D eigenvalue weighted by Crippen LogP contribution is -2.03. The van der Waals surface area contributed by atoms with Gasteiger partial charge in [-0.2, -0.15) is 0 Å². The summed E-state index contributed by atoms with van der Waals surface area (Å²) in [6.45, 7) is 0. The number of carbonyl (C=O) groups is 1. The van der Waals surface area contributed by atoms with E-state index < -0.39 is 0 Å². The van der Waals surface area contributed by atoms with E-state index in [0.717, 1.165) is 11.3 Å². The Bertz CT molecular complexity index is 1040. The van der Waals surface area contributed by atoms with Crippen molar-refractivity contribution in [3.05, 3.63) is 74.9 Å². The second-order valence-corrected chi connectivity index (χ2v) is 6.73. The van der Waals surface area contributed by atoms with Gasteiger partial charge in [-0.15, -0.1) is 0 Å². The molecule has 0 fully saturated rings. The van der Waals surface area contributed by atoms with Crippen LogP contribution in [0.25, 0.3) is 23.0 Å². The number of fused-ring (bicyclic) bond motifs is 1. The molecule has 2 aromatic carbocycles. The number of anilines is 1. The van der Waals surface area contributed by atoms with Crippen LogP contribution in [0.5, 0.6) is 0 Å². The summed E-state index contributed by atoms with van der Waals surface area (Å²) in [6, 6.07) is 14.1. The predicted molar refractivity (Wildman–Crippen MR) is 102 cm³/mol. The Balaban J connectivity index is 1.75. The van der Waals surface area contributed by atoms with Crippen molar-refractivity contribution in [2.45, 2.75) is 0 Å². The van der Waals surface area contributed by atoms with E-state index in [2.05, 4.69) is 5.32 Å². The van der Waals surface area contributed by atoms with Crippen LogP contribution >= 0.6 is 34.8 Å². The Hall–Kier alpha value is -2.20. The van der Waals surface area contributed by atoms with Crippen LogP contribution in [0.1, 0.15) is 11.3 Å². The first kappa shape index (κ1) is 16.3. The molecule has 0 radical (unpaired) electrons. The van der Waals surface area contributed by atoms with Gasteiger partial charge in [-0.05, 0) is 48.5 Å². The first-order valence-corrected chi connectivity index (χ1v) is 8.53. The fourth-order valence-corrected chi connectivity index (χ4v) is 3.28. The fraction of sp³-hybridized carbons (Fsp3) is 0. The molecular weight excluding hydrogens is 381 g/mol. The normalized spacial score (nSPS) is 14.7. The maximum atomic E-state index is 12.2. The van der Waals surface area contributed by atoms with Crippen LogP contribution < -0.4 is 5.32 Å². The Morgan fingerprint density at radius 1 is 0.960 bits per heavy atom. The molecule has 0 saturated carbocycles. The summed E-state index contributed by atoms with van der Waals surface area (Å²) in [5, 5.41) is 4.24. The zero-order valence-electron chi connectivity index (χ0n) is 12.6. The van der Waals surface area contributed by atoms with Crippen molar-refractivity contribution >= 4 is 58.0 Å². The number of benzene rings is 2. The minimum Gasteiger partial charge on any atom is -0.457 e. The van der Waals surface area contributed by atoms with Gasteiger partial charge in [0.2, 0.25) is 0 Å². The maximum absolute atomic E-state index is 12.2. The molecule has 0 atom stereocenters. The summed E-state index contributed by atoms with van der Waals surface area (Å²) < 4.78 is 5.83. The van der Waals surface area contributed by atoms with Crippen LogP contribution in [0.2, 0.25) is 15.1 Å². The molecule has 0 spiro atoms. The third-order valence-electron chi connectivity index (χ3n) is 3.90. The molecule has 1 aromatic heterocycles. The highest BCUT2D eigenvalue weighted by Gasteiger charge is 2.24. The smallest absolute Gasteiger partial charge is 0.256 e. The molecule has 0 aliphatic carbocycles. The Morgan fingerprint density at radius 2 is 1.80 bits per heavy atom. The van der Waals surface area contributed by atoms with Crippen LogP contribution in [-0.2, 0) is 4.79 Å². The van der Waals surface area contributed by atoms with Crippen molar-refractivity contribution in [2.24, 2.45) is 0 Å². The zero-order chi connectivity index (χ0) is 17.6. The third-order valence-corrected chi connectivity index (χ3v) is 4.95. The van der Waals surface area contributed by atoms with Crippen molar-refractivity contribution in [3.63, 3.8) is 0 Å². The molecule has 124 valence electrons. The van der Waals surface area contributed by atoms with Gasteiger partial charge in [0, 0.05) is 21.8 Å². The molecule has 25 heavy (non-hydrogen) atoms. The average Bonchev–Trinajstić information content (AvgIpc) is 3.16. The van der Waals surface area contributed by atoms with Crippen LogP contribution in [0.15, 0.2) is 52.9 Å². The molecule has 6 heteroatoms. The number of amides is 1. The summed E-state index contributed by atoms with van der Waals surface area (Å²) >= 11 is 18.3. The van der Waals surface area contributed by atoms with Crippen LogP contribution in [0.4, 0.5) is 5.69 Å². The molecule has 1 aliphatic rings. The maximum Gasteiger partial charge on any atom is 0.256 e. The Kier molecular flexibility index (Phi) is 4.08. The lowest BCUT2D eigenvalue weighted by molar-refractivity contribution is -0.110. The number of nitrogens with one attached hydrogen (secondary N) is 1. The Labute approximate surface area is 158 Å². The van der Waals surface area contributed by atoms with E-state index in [1.54, 1.807) is 48.5 Å². The molecule has 0 saturated heterocycles. The van der Waals surface area contributed by atoms with Crippen molar-refractivity contribution < 1.29 is 9.21 Å². The van der Waals surface area contributed by atoms with Gasteiger partial charge in [-0.3, -0.25) is 4.79 Å². The average molecular weight is 391 g/mol. The van der Waals surface area contributed by atoms with E-state index in [0.29, 0.717) is 37.7 Å². The lowest BCUT2D eigenvalue weighted by Gasteiger charge is -2.02. The van der Waals surface area contributed by atoms with E-state index in [1.165, 1.54) is 0 Å². The van der Waals surface area contributed by atoms with Crippen molar-refractivity contribution in [1.82, 2.24) is 0 Å². The Morgan fingerprint density at radius 3 is 2.64 bits per heavy atom. The van der Waals surface area contributed by atoms with Gasteiger partial charge in [0.05, 0.1) is 15.6 Å². The highest BCUT2D eigenvalue weighted by molar-refractivity contribution is 6.43. The largest absolute Gasteiger partial charge is 0.457 e. The van der Waals surface area contributed by atoms with Crippen molar-refractivity contribution in [2.75, 3.05) is 5.32 Å². The van der Waals surface area contributed by atoms with Crippen LogP contribution in [0.3, 0.4) is 0 Å². The van der Waals surface area contributed by atoms with E-state index >= 15 is 0 Å². The molecule has 3 nitrogen and oxygen atoms in total. The topological polar surface area (TPSA) is 42.2 Å².